The first kappa shape index (κ1) is 12.2. The smallest absolute Gasteiger partial charge is 0.238 e. The van der Waals surface area contributed by atoms with Gasteiger partial charge in [0.05, 0.1) is 17.5 Å². The highest BCUT2D eigenvalue weighted by molar-refractivity contribution is 9.10. The summed E-state index contributed by atoms with van der Waals surface area (Å²) in [6, 6.07) is 7.47. The van der Waals surface area contributed by atoms with E-state index in [1.165, 1.54) is 17.7 Å². The molecule has 3 nitrogen and oxygen atoms in total. The molecule has 2 saturated carbocycles. The second-order valence-electron chi connectivity index (χ2n) is 6.68. The van der Waals surface area contributed by atoms with Gasteiger partial charge in [-0.3, -0.25) is 9.59 Å². The highest BCUT2D eigenvalue weighted by Crippen LogP contribution is 2.73. The first-order chi connectivity index (χ1) is 10.1. The van der Waals surface area contributed by atoms with Gasteiger partial charge in [-0.1, -0.05) is 24.3 Å². The molecule has 0 aromatic heterocycles. The van der Waals surface area contributed by atoms with E-state index in [1.807, 2.05) is 24.3 Å². The molecule has 4 aliphatic rings. The molecule has 4 heteroatoms. The molecular weight excluding hydrogens is 330 g/mol. The van der Waals surface area contributed by atoms with Gasteiger partial charge in [-0.25, -0.2) is 4.90 Å². The van der Waals surface area contributed by atoms with E-state index in [4.69, 9.17) is 0 Å². The van der Waals surface area contributed by atoms with E-state index in [0.717, 1.165) is 4.47 Å². The lowest BCUT2D eigenvalue weighted by Gasteiger charge is -2.22. The van der Waals surface area contributed by atoms with Crippen molar-refractivity contribution in [2.75, 3.05) is 4.90 Å². The minimum absolute atomic E-state index is 0.0000231. The van der Waals surface area contributed by atoms with Crippen molar-refractivity contribution in [2.24, 2.45) is 29.1 Å². The third-order valence-corrected chi connectivity index (χ3v) is 6.62. The predicted molar refractivity (Wildman–Crippen MR) is 81.4 cm³/mol. The number of para-hydroxylation sites is 1. The summed E-state index contributed by atoms with van der Waals surface area (Å²) in [6.07, 6.45) is 6.76. The van der Waals surface area contributed by atoms with Crippen LogP contribution in [0.1, 0.15) is 12.8 Å². The van der Waals surface area contributed by atoms with Crippen molar-refractivity contribution in [2.45, 2.75) is 12.8 Å². The Hall–Kier alpha value is -1.42. The van der Waals surface area contributed by atoms with E-state index in [0.29, 0.717) is 5.69 Å². The van der Waals surface area contributed by atoms with Gasteiger partial charge in [0.2, 0.25) is 11.8 Å². The fraction of sp³-hybridized carbons (Fsp3) is 0.412. The Labute approximate surface area is 131 Å². The van der Waals surface area contributed by atoms with Crippen LogP contribution in [0.3, 0.4) is 0 Å². The number of allylic oxidation sites excluding steroid dienone is 2. The number of carbonyl (C=O) groups is 2. The zero-order chi connectivity index (χ0) is 14.4. The van der Waals surface area contributed by atoms with E-state index < -0.39 is 0 Å². The third-order valence-electron chi connectivity index (χ3n) is 5.95. The highest BCUT2D eigenvalue weighted by atomic mass is 79.9. The van der Waals surface area contributed by atoms with Gasteiger partial charge in [-0.2, -0.15) is 0 Å². The summed E-state index contributed by atoms with van der Waals surface area (Å²) in [5, 5.41) is 0. The molecule has 1 spiro atoms. The second-order valence-corrected chi connectivity index (χ2v) is 7.54. The summed E-state index contributed by atoms with van der Waals surface area (Å²) in [5.41, 5.74) is 0.951. The minimum atomic E-state index is -0.123. The van der Waals surface area contributed by atoms with Crippen LogP contribution in [0.5, 0.6) is 0 Å². The maximum atomic E-state index is 12.9. The zero-order valence-electron chi connectivity index (χ0n) is 11.3. The van der Waals surface area contributed by atoms with Crippen LogP contribution < -0.4 is 4.90 Å². The van der Waals surface area contributed by atoms with Crippen LogP contribution in [0.4, 0.5) is 5.69 Å². The number of amides is 2. The van der Waals surface area contributed by atoms with Gasteiger partial charge in [0.25, 0.3) is 0 Å². The largest absolute Gasteiger partial charge is 0.274 e. The first-order valence-corrected chi connectivity index (χ1v) is 8.25. The van der Waals surface area contributed by atoms with Crippen LogP contribution in [-0.2, 0) is 9.59 Å². The standard InChI is InChI=1S/C17H14BrNO2/c18-11-3-1-2-4-12(11)19-15(20)13-9-5-6-10(14(13)16(19)21)17(9)7-8-17/h1-6,9-10,13-14H,7-8H2/t9-,10+,13+,14-. The molecule has 1 saturated heterocycles. The van der Waals surface area contributed by atoms with Crippen LogP contribution >= 0.6 is 15.9 Å². The van der Waals surface area contributed by atoms with E-state index >= 15 is 0 Å². The fourth-order valence-corrected chi connectivity index (χ4v) is 5.41. The molecule has 106 valence electrons. The number of imide groups is 1. The predicted octanol–water partition coefficient (Wildman–Crippen LogP) is 3.15. The Balaban J connectivity index is 1.61. The quantitative estimate of drug-likeness (QED) is 0.580. The summed E-state index contributed by atoms with van der Waals surface area (Å²) in [4.78, 5) is 27.2. The molecular formula is C17H14BrNO2. The molecule has 2 bridgehead atoms. The second kappa shape index (κ2) is 3.67. The van der Waals surface area contributed by atoms with Crippen LogP contribution in [0.15, 0.2) is 40.9 Å². The van der Waals surface area contributed by atoms with E-state index in [9.17, 15) is 9.59 Å². The Morgan fingerprint density at radius 3 is 2.10 bits per heavy atom. The van der Waals surface area contributed by atoms with Crippen molar-refractivity contribution in [3.05, 3.63) is 40.9 Å². The Kier molecular flexibility index (Phi) is 2.12. The first-order valence-electron chi connectivity index (χ1n) is 7.46. The van der Waals surface area contributed by atoms with Crippen molar-refractivity contribution in [3.63, 3.8) is 0 Å². The number of halogens is 1. The third kappa shape index (κ3) is 1.26. The lowest BCUT2D eigenvalue weighted by Crippen LogP contribution is -2.34. The van der Waals surface area contributed by atoms with Crippen molar-refractivity contribution in [1.29, 1.82) is 0 Å². The summed E-state index contributed by atoms with van der Waals surface area (Å²) in [5.74, 6) is 0.331. The molecule has 1 aliphatic heterocycles. The van der Waals surface area contributed by atoms with Crippen molar-refractivity contribution < 1.29 is 9.59 Å². The summed E-state index contributed by atoms with van der Waals surface area (Å²) in [6.45, 7) is 0. The molecule has 0 radical (unpaired) electrons. The summed E-state index contributed by atoms with van der Waals surface area (Å²) >= 11 is 3.46. The van der Waals surface area contributed by atoms with Gasteiger partial charge in [0, 0.05) is 4.47 Å². The molecule has 21 heavy (non-hydrogen) atoms. The van der Waals surface area contributed by atoms with Crippen LogP contribution in [0, 0.1) is 29.1 Å². The average Bonchev–Trinajstić information content (AvgIpc) is 3.07. The topological polar surface area (TPSA) is 37.4 Å². The van der Waals surface area contributed by atoms with Gasteiger partial charge >= 0.3 is 0 Å². The molecule has 5 rings (SSSR count). The molecule has 1 aromatic carbocycles. The van der Waals surface area contributed by atoms with Gasteiger partial charge in [0.1, 0.15) is 0 Å². The number of carbonyl (C=O) groups excluding carboxylic acids is 2. The van der Waals surface area contributed by atoms with Gasteiger partial charge in [0.15, 0.2) is 0 Å². The van der Waals surface area contributed by atoms with Crippen molar-refractivity contribution in [1.82, 2.24) is 0 Å². The van der Waals surface area contributed by atoms with E-state index in [2.05, 4.69) is 28.1 Å². The molecule has 3 aliphatic carbocycles. The lowest BCUT2D eigenvalue weighted by molar-refractivity contribution is -0.123. The SMILES string of the molecule is O=C1[C@@H]2[C@H](C(=O)N1c1ccccc1Br)[C@@H]1C=C[C@H]2C12CC2. The number of rotatable bonds is 1. The van der Waals surface area contributed by atoms with Gasteiger partial charge in [-0.15, -0.1) is 0 Å². The summed E-state index contributed by atoms with van der Waals surface area (Å²) in [7, 11) is 0. The normalized spacial score (nSPS) is 37.7. The Bertz CT molecular complexity index is 687. The Morgan fingerprint density at radius 1 is 1.00 bits per heavy atom. The number of benzene rings is 1. The van der Waals surface area contributed by atoms with Crippen LogP contribution in [0.25, 0.3) is 0 Å². The average molecular weight is 344 g/mol. The lowest BCUT2D eigenvalue weighted by atomic mass is 9.85. The van der Waals surface area contributed by atoms with Crippen molar-refractivity contribution in [3.8, 4) is 0 Å². The van der Waals surface area contributed by atoms with Gasteiger partial charge < -0.3 is 0 Å². The Morgan fingerprint density at radius 2 is 1.57 bits per heavy atom. The van der Waals surface area contributed by atoms with Gasteiger partial charge in [-0.05, 0) is 58.2 Å². The molecule has 0 unspecified atom stereocenters. The molecule has 3 fully saturated rings. The monoisotopic (exact) mass is 343 g/mol. The molecule has 1 heterocycles. The zero-order valence-corrected chi connectivity index (χ0v) is 12.9. The highest BCUT2D eigenvalue weighted by Gasteiger charge is 2.73. The molecule has 2 amide bonds. The maximum absolute atomic E-state index is 12.9. The number of hydrogen-bond donors (Lipinski definition) is 0. The molecule has 4 atom stereocenters. The fourth-order valence-electron chi connectivity index (χ4n) is 4.95. The summed E-state index contributed by atoms with van der Waals surface area (Å²) < 4.78 is 0.799. The maximum Gasteiger partial charge on any atom is 0.238 e. The van der Waals surface area contributed by atoms with E-state index in [1.54, 1.807) is 0 Å². The van der Waals surface area contributed by atoms with Crippen molar-refractivity contribution >= 4 is 33.4 Å². The number of fused-ring (bicyclic) bond motifs is 3. The van der Waals surface area contributed by atoms with Crippen LogP contribution in [0.2, 0.25) is 0 Å². The molecule has 1 aromatic rings. The minimum Gasteiger partial charge on any atom is -0.274 e. The number of nitrogens with zero attached hydrogens (tertiary/aromatic N) is 1. The number of hydrogen-bond acceptors (Lipinski definition) is 2. The van der Waals surface area contributed by atoms with E-state index in [-0.39, 0.29) is 40.9 Å². The van der Waals surface area contributed by atoms with Crippen LogP contribution in [-0.4, -0.2) is 11.8 Å². The number of anilines is 1. The molecule has 0 N–H and O–H groups in total.